The molecule has 0 unspecified atom stereocenters. The number of allylic oxidation sites excluding steroid dienone is 2. The normalized spacial score (nSPS) is 42.2. The van der Waals surface area contributed by atoms with Gasteiger partial charge in [-0.1, -0.05) is 18.2 Å². The summed E-state index contributed by atoms with van der Waals surface area (Å²) in [6.45, 7) is 1.88. The Morgan fingerprint density at radius 1 is 1.05 bits per heavy atom. The van der Waals surface area contributed by atoms with Gasteiger partial charge in [0.1, 0.15) is 5.82 Å². The summed E-state index contributed by atoms with van der Waals surface area (Å²) in [5.41, 5.74) is 0.826. The van der Waals surface area contributed by atoms with Crippen LogP contribution >= 0.6 is 0 Å². The van der Waals surface area contributed by atoms with Crippen LogP contribution in [0.25, 0.3) is 0 Å². The number of nitrogens with zero attached hydrogens (tertiary/aromatic N) is 2. The molecule has 0 N–H and O–H groups in total. The van der Waals surface area contributed by atoms with E-state index in [1.54, 1.807) is 6.07 Å². The van der Waals surface area contributed by atoms with Crippen molar-refractivity contribution in [2.45, 2.75) is 13.3 Å². The van der Waals surface area contributed by atoms with Gasteiger partial charge in [0.15, 0.2) is 0 Å². The van der Waals surface area contributed by atoms with Gasteiger partial charge in [0.05, 0.1) is 11.8 Å². The Morgan fingerprint density at radius 2 is 1.67 bits per heavy atom. The van der Waals surface area contributed by atoms with Gasteiger partial charge in [-0.3, -0.25) is 9.59 Å². The second-order valence-electron chi connectivity index (χ2n) is 6.80. The molecule has 2 saturated carbocycles. The Bertz CT molecular complexity index is 674. The lowest BCUT2D eigenvalue weighted by Gasteiger charge is -2.37. The van der Waals surface area contributed by atoms with Crippen LogP contribution in [0.4, 0.5) is 5.82 Å². The summed E-state index contributed by atoms with van der Waals surface area (Å²) in [5, 5.41) is 0. The summed E-state index contributed by atoms with van der Waals surface area (Å²) in [5.74, 6) is 1.98. The molecule has 1 aromatic heterocycles. The maximum Gasteiger partial charge on any atom is 0.239 e. The monoisotopic (exact) mass is 280 g/mol. The van der Waals surface area contributed by atoms with Crippen molar-refractivity contribution in [2.75, 3.05) is 4.90 Å². The highest BCUT2D eigenvalue weighted by molar-refractivity contribution is 6.22. The molecule has 0 aromatic carbocycles. The molecule has 1 aromatic rings. The quantitative estimate of drug-likeness (QED) is 0.583. The van der Waals surface area contributed by atoms with E-state index in [2.05, 4.69) is 17.1 Å². The molecule has 2 heterocycles. The molecule has 4 aliphatic carbocycles. The number of rotatable bonds is 1. The third kappa shape index (κ3) is 1.33. The van der Waals surface area contributed by atoms with Crippen LogP contribution < -0.4 is 4.90 Å². The summed E-state index contributed by atoms with van der Waals surface area (Å²) in [7, 11) is 0. The van der Waals surface area contributed by atoms with Crippen LogP contribution in [-0.4, -0.2) is 16.8 Å². The Kier molecular flexibility index (Phi) is 2.01. The second kappa shape index (κ2) is 3.62. The zero-order valence-electron chi connectivity index (χ0n) is 11.8. The maximum atomic E-state index is 12.8. The highest BCUT2D eigenvalue weighted by atomic mass is 16.2. The molecule has 3 fully saturated rings. The first-order valence-corrected chi connectivity index (χ1v) is 7.66. The van der Waals surface area contributed by atoms with Gasteiger partial charge in [-0.2, -0.15) is 0 Å². The zero-order chi connectivity index (χ0) is 14.3. The number of anilines is 1. The fourth-order valence-corrected chi connectivity index (χ4v) is 4.84. The van der Waals surface area contributed by atoms with E-state index in [1.807, 2.05) is 19.1 Å². The van der Waals surface area contributed by atoms with Crippen molar-refractivity contribution >= 4 is 17.6 Å². The first kappa shape index (κ1) is 11.7. The Hall–Kier alpha value is -1.97. The van der Waals surface area contributed by atoms with Crippen molar-refractivity contribution in [3.8, 4) is 0 Å². The lowest BCUT2D eigenvalue weighted by Crippen LogP contribution is -2.40. The van der Waals surface area contributed by atoms with Crippen LogP contribution in [0.2, 0.25) is 0 Å². The highest BCUT2D eigenvalue weighted by Crippen LogP contribution is 2.65. The van der Waals surface area contributed by atoms with Crippen LogP contribution in [0.5, 0.6) is 0 Å². The van der Waals surface area contributed by atoms with E-state index >= 15 is 0 Å². The number of carbonyl (C=O) groups is 2. The molecular formula is C17H16N2O2. The molecule has 1 saturated heterocycles. The lowest BCUT2D eigenvalue weighted by molar-refractivity contribution is -0.124. The van der Waals surface area contributed by atoms with Crippen molar-refractivity contribution in [3.05, 3.63) is 36.0 Å². The minimum atomic E-state index is -0.140. The van der Waals surface area contributed by atoms with Gasteiger partial charge in [0.2, 0.25) is 11.8 Å². The van der Waals surface area contributed by atoms with Crippen LogP contribution in [0, 0.1) is 42.4 Å². The average Bonchev–Trinajstić information content (AvgIpc) is 3.24. The van der Waals surface area contributed by atoms with Gasteiger partial charge in [-0.05, 0) is 49.1 Å². The Balaban J connectivity index is 1.60. The van der Waals surface area contributed by atoms with Crippen molar-refractivity contribution in [1.82, 2.24) is 4.98 Å². The highest BCUT2D eigenvalue weighted by Gasteiger charge is 2.67. The average molecular weight is 280 g/mol. The van der Waals surface area contributed by atoms with Gasteiger partial charge < -0.3 is 0 Å². The SMILES string of the molecule is Cc1cccc(N2C(=O)[C@@H]3[C@H]4C=C[C@H]([C@@H]5C[C@H]45)[C@@H]3C2=O)n1. The molecule has 2 amide bonds. The standard InChI is InChI=1S/C17H16N2O2/c1-8-3-2-4-13(18-8)19-16(20)14-9-5-6-10(12-7-11(9)12)15(14)17(19)21/h2-6,9-12,14-15H,7H2,1H3/t9-,10+,11+,12-,14+,15-. The van der Waals surface area contributed by atoms with Gasteiger partial charge in [-0.25, -0.2) is 9.88 Å². The molecule has 2 bridgehead atoms. The third-order valence-corrected chi connectivity index (χ3v) is 5.77. The molecular weight excluding hydrogens is 264 g/mol. The Morgan fingerprint density at radius 3 is 2.24 bits per heavy atom. The molecule has 4 heteroatoms. The fourth-order valence-electron chi connectivity index (χ4n) is 4.84. The first-order valence-electron chi connectivity index (χ1n) is 7.66. The van der Waals surface area contributed by atoms with Gasteiger partial charge >= 0.3 is 0 Å². The molecule has 6 atom stereocenters. The van der Waals surface area contributed by atoms with Gasteiger partial charge in [0.25, 0.3) is 0 Å². The minimum absolute atomic E-state index is 0.0344. The van der Waals surface area contributed by atoms with Crippen LogP contribution in [0.1, 0.15) is 12.1 Å². The Labute approximate surface area is 122 Å². The van der Waals surface area contributed by atoms with E-state index in [9.17, 15) is 9.59 Å². The summed E-state index contributed by atoms with van der Waals surface area (Å²) in [6.07, 6.45) is 5.58. The maximum absolute atomic E-state index is 12.8. The van der Waals surface area contributed by atoms with Crippen LogP contribution in [0.15, 0.2) is 30.4 Å². The van der Waals surface area contributed by atoms with Crippen molar-refractivity contribution in [3.63, 3.8) is 0 Å². The smallest absolute Gasteiger partial charge is 0.239 e. The summed E-state index contributed by atoms with van der Waals surface area (Å²) in [4.78, 5) is 31.4. The molecule has 106 valence electrons. The van der Waals surface area contributed by atoms with Crippen LogP contribution in [-0.2, 0) is 9.59 Å². The number of pyridine rings is 1. The van der Waals surface area contributed by atoms with E-state index in [1.165, 1.54) is 11.3 Å². The number of carbonyl (C=O) groups excluding carboxylic acids is 2. The molecule has 0 spiro atoms. The zero-order valence-corrected chi connectivity index (χ0v) is 11.8. The van der Waals surface area contributed by atoms with E-state index in [0.717, 1.165) is 5.69 Å². The molecule has 1 aliphatic heterocycles. The van der Waals surface area contributed by atoms with Crippen molar-refractivity contribution < 1.29 is 9.59 Å². The van der Waals surface area contributed by atoms with Crippen LogP contribution in [0.3, 0.4) is 0 Å². The summed E-state index contributed by atoms with van der Waals surface area (Å²) < 4.78 is 0. The summed E-state index contributed by atoms with van der Waals surface area (Å²) in [6, 6.07) is 5.49. The lowest BCUT2D eigenvalue weighted by atomic mass is 9.63. The van der Waals surface area contributed by atoms with Crippen molar-refractivity contribution in [1.29, 1.82) is 0 Å². The number of aromatic nitrogens is 1. The number of aryl methyl sites for hydroxylation is 1. The summed E-state index contributed by atoms with van der Waals surface area (Å²) >= 11 is 0. The fraction of sp³-hybridized carbons (Fsp3) is 0.471. The van der Waals surface area contributed by atoms with E-state index in [0.29, 0.717) is 17.7 Å². The number of imide groups is 1. The molecule has 0 radical (unpaired) electrons. The topological polar surface area (TPSA) is 50.3 Å². The van der Waals surface area contributed by atoms with Crippen molar-refractivity contribution in [2.24, 2.45) is 35.5 Å². The first-order chi connectivity index (χ1) is 10.2. The predicted octanol–water partition coefficient (Wildman–Crippen LogP) is 1.95. The van der Waals surface area contributed by atoms with E-state index in [-0.39, 0.29) is 35.5 Å². The van der Waals surface area contributed by atoms with E-state index < -0.39 is 0 Å². The second-order valence-corrected chi connectivity index (χ2v) is 6.80. The minimum Gasteiger partial charge on any atom is -0.274 e. The molecule has 6 rings (SSSR count). The third-order valence-electron chi connectivity index (χ3n) is 5.77. The van der Waals surface area contributed by atoms with E-state index in [4.69, 9.17) is 0 Å². The molecule has 4 nitrogen and oxygen atoms in total. The molecule has 21 heavy (non-hydrogen) atoms. The molecule has 5 aliphatic rings. The predicted molar refractivity (Wildman–Crippen MR) is 76.2 cm³/mol. The van der Waals surface area contributed by atoms with Gasteiger partial charge in [-0.15, -0.1) is 0 Å². The number of amides is 2. The number of hydrogen-bond donors (Lipinski definition) is 0. The largest absolute Gasteiger partial charge is 0.274 e. The number of hydrogen-bond acceptors (Lipinski definition) is 3. The van der Waals surface area contributed by atoms with Gasteiger partial charge in [0, 0.05) is 5.69 Å².